The van der Waals surface area contributed by atoms with Gasteiger partial charge in [-0.05, 0) is 151 Å². The van der Waals surface area contributed by atoms with E-state index in [0.29, 0.717) is 51.0 Å². The van der Waals surface area contributed by atoms with Gasteiger partial charge in [0.2, 0.25) is 11.1 Å². The van der Waals surface area contributed by atoms with Crippen molar-refractivity contribution in [3.63, 3.8) is 0 Å². The Morgan fingerprint density at radius 3 is 1.49 bits per heavy atom. The monoisotopic (exact) mass is 1120 g/mol. The van der Waals surface area contributed by atoms with Crippen molar-refractivity contribution in [1.82, 2.24) is 50.1 Å². The van der Waals surface area contributed by atoms with Crippen LogP contribution in [0.1, 0.15) is 97.1 Å². The average molecular weight is 1120 g/mol. The molecule has 2 saturated heterocycles. The van der Waals surface area contributed by atoms with E-state index in [2.05, 4.69) is 74.4 Å². The molecule has 0 bridgehead atoms. The van der Waals surface area contributed by atoms with E-state index in [0.717, 1.165) is 105 Å². The Labute approximate surface area is 465 Å². The molecule has 2 fully saturated rings. The van der Waals surface area contributed by atoms with Crippen LogP contribution in [0.4, 0.5) is 32.3 Å². The summed E-state index contributed by atoms with van der Waals surface area (Å²) in [6.07, 6.45) is -2.10. The molecule has 4 aromatic heterocycles. The normalized spacial score (nSPS) is 15.4. The van der Waals surface area contributed by atoms with Crippen LogP contribution in [0.15, 0.2) is 151 Å². The minimum absolute atomic E-state index is 0.0488. The maximum atomic E-state index is 13.6. The van der Waals surface area contributed by atoms with Crippen LogP contribution in [0.5, 0.6) is 0 Å². The molecule has 2 aliphatic heterocycles. The summed E-state index contributed by atoms with van der Waals surface area (Å²) in [7, 11) is 5.51. The van der Waals surface area contributed by atoms with E-state index in [1.165, 1.54) is 31.0 Å². The molecule has 4 aromatic carbocycles. The molecule has 6 heterocycles. The predicted octanol–water partition coefficient (Wildman–Crippen LogP) is 13.3. The van der Waals surface area contributed by atoms with Gasteiger partial charge in [-0.2, -0.15) is 40.9 Å². The first kappa shape index (κ1) is 58.9. The summed E-state index contributed by atoms with van der Waals surface area (Å²) in [6, 6.07) is 37.7. The largest absolute Gasteiger partial charge is 0.416 e. The molecule has 2 aliphatic rings. The average Bonchev–Trinajstić information content (AvgIpc) is 3.49. The van der Waals surface area contributed by atoms with Crippen molar-refractivity contribution in [2.45, 2.75) is 81.0 Å². The van der Waals surface area contributed by atoms with Gasteiger partial charge in [-0.25, -0.2) is 24.8 Å². The highest BCUT2D eigenvalue weighted by Crippen LogP contribution is 2.39. The van der Waals surface area contributed by atoms with Crippen LogP contribution in [-0.2, 0) is 21.6 Å². The lowest BCUT2D eigenvalue weighted by atomic mass is 9.91. The number of piperidine rings is 2. The Balaban J connectivity index is 0.000000183. The molecule has 80 heavy (non-hydrogen) atoms. The third-order valence-corrected chi connectivity index (χ3v) is 14.4. The van der Waals surface area contributed by atoms with Crippen LogP contribution in [0.25, 0.3) is 45.0 Å². The van der Waals surface area contributed by atoms with Crippen molar-refractivity contribution < 1.29 is 35.6 Å². The third kappa shape index (κ3) is 16.0. The van der Waals surface area contributed by atoms with Crippen LogP contribution in [0.2, 0.25) is 0 Å². The summed E-state index contributed by atoms with van der Waals surface area (Å²) in [5, 5.41) is 21.5. The number of aromatic nitrogens is 8. The molecule has 0 saturated carbocycles. The lowest BCUT2D eigenvalue weighted by Gasteiger charge is -2.28. The number of nitrogens with two attached hydrogens (primary N) is 1. The molecule has 10 rings (SSSR count). The van der Waals surface area contributed by atoms with E-state index >= 15 is 0 Å². The number of alkyl halides is 6. The van der Waals surface area contributed by atoms with Crippen molar-refractivity contribution in [3.05, 3.63) is 179 Å². The fourth-order valence-corrected chi connectivity index (χ4v) is 9.65. The first-order valence-electron chi connectivity index (χ1n) is 26.1. The zero-order valence-electron chi connectivity index (χ0n) is 44.9. The first-order chi connectivity index (χ1) is 38.4. The zero-order valence-corrected chi connectivity index (χ0v) is 45.7. The molecule has 8 aromatic rings. The first-order valence-corrected chi connectivity index (χ1v) is 26.8. The standard InChI is InChI=1S/C29H29F3N6.C22H22F3N5O2S.C8H11N/c1-19(20-7-4-3-5-8-20)34-28-33-14-11-25(35-28)27-24(22-9-6-10-23(17-22)29(30,31)32)18-26(36-37-27)21-12-15-38(2)16-13-21;1-30-10-7-14(8-11-30)19-13-17(15-4-3-5-16(12-15)22(23,24)25)20(29-28-19)18-6-9-26-21(27-18)33-32-31-2;1-7(9)8-5-3-2-4-6-8/h3-11,14,17-19,21H,12-13,15-16H2,1-2H3,(H,33,34,35);3-6,9,12-14H,7-8,10-11H2,1-2H3;2-7H,9H2,1H3/t;;7-/m..0/s1. The second kappa shape index (κ2) is 27.3. The van der Waals surface area contributed by atoms with Crippen molar-refractivity contribution >= 4 is 18.0 Å². The molecule has 0 spiro atoms. The van der Waals surface area contributed by atoms with Gasteiger partial charge in [-0.15, -0.1) is 10.2 Å². The molecular formula is C59H62F6N12O2S. The number of nitrogens with zero attached hydrogens (tertiary/aromatic N) is 10. The molecule has 0 amide bonds. The van der Waals surface area contributed by atoms with Gasteiger partial charge in [0.15, 0.2) is 0 Å². The van der Waals surface area contributed by atoms with Gasteiger partial charge in [-0.1, -0.05) is 84.9 Å². The van der Waals surface area contributed by atoms with E-state index in [1.54, 1.807) is 30.5 Å². The van der Waals surface area contributed by atoms with E-state index in [1.807, 2.05) is 86.6 Å². The molecule has 0 radical (unpaired) electrons. The number of halogens is 6. The third-order valence-electron chi connectivity index (χ3n) is 13.8. The summed E-state index contributed by atoms with van der Waals surface area (Å²) in [6.45, 7) is 7.73. The quantitative estimate of drug-likeness (QED) is 0.0368. The minimum atomic E-state index is -4.45. The number of benzene rings is 4. The smallest absolute Gasteiger partial charge is 0.348 e. The van der Waals surface area contributed by atoms with Crippen LogP contribution in [0, 0.1) is 0 Å². The van der Waals surface area contributed by atoms with Crippen molar-refractivity contribution in [3.8, 4) is 45.0 Å². The Bertz CT molecular complexity index is 3250. The summed E-state index contributed by atoms with van der Waals surface area (Å²) in [5.74, 6) is 0.792. The Morgan fingerprint density at radius 2 is 1.04 bits per heavy atom. The fraction of sp³-hybridized carbons (Fsp3) is 0.322. The van der Waals surface area contributed by atoms with Gasteiger partial charge < -0.3 is 20.9 Å². The summed E-state index contributed by atoms with van der Waals surface area (Å²) in [5.41, 5.74) is 11.6. The van der Waals surface area contributed by atoms with Crippen LogP contribution in [-0.4, -0.2) is 97.5 Å². The molecule has 2 atom stereocenters. The van der Waals surface area contributed by atoms with E-state index < -0.39 is 23.5 Å². The van der Waals surface area contributed by atoms with Crippen molar-refractivity contribution in [2.24, 2.45) is 5.73 Å². The van der Waals surface area contributed by atoms with E-state index in [-0.39, 0.29) is 29.1 Å². The Morgan fingerprint density at radius 1 is 0.575 bits per heavy atom. The van der Waals surface area contributed by atoms with Gasteiger partial charge in [0.25, 0.3) is 0 Å². The summed E-state index contributed by atoms with van der Waals surface area (Å²) < 4.78 is 85.7. The molecule has 1 unspecified atom stereocenters. The van der Waals surface area contributed by atoms with E-state index in [4.69, 9.17) is 10.1 Å². The van der Waals surface area contributed by atoms with Gasteiger partial charge in [0, 0.05) is 41.4 Å². The van der Waals surface area contributed by atoms with Crippen molar-refractivity contribution in [2.75, 3.05) is 52.7 Å². The van der Waals surface area contributed by atoms with Crippen LogP contribution in [0.3, 0.4) is 0 Å². The molecule has 0 aliphatic carbocycles. The number of hydrogen-bond donors (Lipinski definition) is 2. The topological polar surface area (TPSA) is 166 Å². The zero-order chi connectivity index (χ0) is 56.8. The van der Waals surface area contributed by atoms with Gasteiger partial charge >= 0.3 is 12.4 Å². The highest BCUT2D eigenvalue weighted by molar-refractivity contribution is 7.94. The molecule has 21 heteroatoms. The van der Waals surface area contributed by atoms with E-state index in [9.17, 15) is 26.3 Å². The van der Waals surface area contributed by atoms with Gasteiger partial charge in [-0.3, -0.25) is 0 Å². The van der Waals surface area contributed by atoms with Crippen molar-refractivity contribution in [1.29, 1.82) is 0 Å². The van der Waals surface area contributed by atoms with Gasteiger partial charge in [0.05, 0.1) is 47.1 Å². The number of anilines is 1. The Kier molecular flexibility index (Phi) is 20.1. The lowest BCUT2D eigenvalue weighted by molar-refractivity contribution is -0.160. The van der Waals surface area contributed by atoms with Crippen LogP contribution >= 0.6 is 12.0 Å². The SMILES string of the molecule is CC(Nc1nccc(-c2nnc(C3CCN(C)CC3)cc2-c2cccc(C(F)(F)F)c2)n1)c1ccccc1.COOSc1nccc(-c2nnc(C3CCN(C)CC3)cc2-c2cccc(C(F)(F)F)c2)n1.C[C@H](N)c1ccccc1. The molecule has 418 valence electrons. The highest BCUT2D eigenvalue weighted by atomic mass is 32.2. The maximum Gasteiger partial charge on any atom is 0.416 e. The lowest BCUT2D eigenvalue weighted by Crippen LogP contribution is -2.29. The number of nitrogens with one attached hydrogen (secondary N) is 1. The van der Waals surface area contributed by atoms with Gasteiger partial charge in [0.1, 0.15) is 23.4 Å². The second-order valence-corrected chi connectivity index (χ2v) is 20.3. The number of hydrogen-bond acceptors (Lipinski definition) is 15. The molecular weight excluding hydrogens is 1050 g/mol. The second-order valence-electron chi connectivity index (χ2n) is 19.7. The highest BCUT2D eigenvalue weighted by Gasteiger charge is 2.33. The predicted molar refractivity (Wildman–Crippen MR) is 297 cm³/mol. The Hall–Kier alpha value is -7.27. The minimum Gasteiger partial charge on any atom is -0.348 e. The summed E-state index contributed by atoms with van der Waals surface area (Å²) in [4.78, 5) is 26.6. The molecule has 14 nitrogen and oxygen atoms in total. The fourth-order valence-electron chi connectivity index (χ4n) is 9.28. The number of likely N-dealkylation sites (tertiary alicyclic amines) is 2. The molecule has 3 N–H and O–H groups in total. The number of rotatable bonds is 13. The summed E-state index contributed by atoms with van der Waals surface area (Å²) >= 11 is 0.817. The maximum absolute atomic E-state index is 13.6. The van der Waals surface area contributed by atoms with Crippen LogP contribution < -0.4 is 11.1 Å².